The van der Waals surface area contributed by atoms with Gasteiger partial charge in [0.2, 0.25) is 10.0 Å². The molecule has 0 aromatic heterocycles. The van der Waals surface area contributed by atoms with E-state index in [1.807, 2.05) is 0 Å². The van der Waals surface area contributed by atoms with Crippen molar-refractivity contribution in [2.75, 3.05) is 19.6 Å². The molecule has 1 aliphatic heterocycles. The molecule has 2 rings (SSSR count). The highest BCUT2D eigenvalue weighted by molar-refractivity contribution is 7.89. The van der Waals surface area contributed by atoms with E-state index in [1.54, 1.807) is 12.1 Å². The van der Waals surface area contributed by atoms with Gasteiger partial charge >= 0.3 is 11.8 Å². The lowest BCUT2D eigenvalue weighted by Gasteiger charge is -2.25. The van der Waals surface area contributed by atoms with Crippen LogP contribution in [0.1, 0.15) is 24.8 Å². The van der Waals surface area contributed by atoms with Gasteiger partial charge in [0.15, 0.2) is 0 Å². The van der Waals surface area contributed by atoms with Gasteiger partial charge in [-0.25, -0.2) is 8.42 Å². The average molecular weight is 365 g/mol. The van der Waals surface area contributed by atoms with Crippen molar-refractivity contribution in [2.24, 2.45) is 0 Å². The highest BCUT2D eigenvalue weighted by atomic mass is 32.2. The van der Waals surface area contributed by atoms with E-state index in [9.17, 15) is 18.0 Å². The summed E-state index contributed by atoms with van der Waals surface area (Å²) in [6, 6.07) is 6.34. The summed E-state index contributed by atoms with van der Waals surface area (Å²) in [5.74, 6) is -1.48. The number of nitrogens with zero attached hydrogens (tertiary/aromatic N) is 1. The quantitative estimate of drug-likeness (QED) is 0.575. The van der Waals surface area contributed by atoms with Crippen LogP contribution in [0, 0.1) is 0 Å². The molecule has 0 aliphatic carbocycles. The summed E-state index contributed by atoms with van der Waals surface area (Å²) in [6.45, 7) is 4.92. The van der Waals surface area contributed by atoms with Crippen LogP contribution in [0.25, 0.3) is 0 Å². The molecule has 25 heavy (non-hydrogen) atoms. The van der Waals surface area contributed by atoms with Gasteiger partial charge in [-0.3, -0.25) is 9.59 Å². The van der Waals surface area contributed by atoms with Crippen molar-refractivity contribution in [2.45, 2.75) is 30.7 Å². The van der Waals surface area contributed by atoms with Gasteiger partial charge in [-0.1, -0.05) is 24.6 Å². The summed E-state index contributed by atoms with van der Waals surface area (Å²) in [4.78, 5) is 23.3. The van der Waals surface area contributed by atoms with Crippen molar-refractivity contribution in [1.29, 1.82) is 0 Å². The van der Waals surface area contributed by atoms with Crippen LogP contribution < -0.4 is 10.6 Å². The largest absolute Gasteiger partial charge is 0.344 e. The van der Waals surface area contributed by atoms with Crippen molar-refractivity contribution in [3.8, 4) is 0 Å². The number of nitrogens with one attached hydrogen (secondary N) is 2. The van der Waals surface area contributed by atoms with Crippen LogP contribution in [0.3, 0.4) is 0 Å². The van der Waals surface area contributed by atoms with Gasteiger partial charge in [0.25, 0.3) is 0 Å². The van der Waals surface area contributed by atoms with E-state index in [0.717, 1.165) is 19.3 Å². The van der Waals surface area contributed by atoms with Gasteiger partial charge in [-0.05, 0) is 30.5 Å². The van der Waals surface area contributed by atoms with E-state index < -0.39 is 21.8 Å². The van der Waals surface area contributed by atoms with Crippen molar-refractivity contribution in [3.05, 3.63) is 42.5 Å². The third-order valence-electron chi connectivity index (χ3n) is 3.94. The molecule has 2 amide bonds. The van der Waals surface area contributed by atoms with Crippen molar-refractivity contribution >= 4 is 21.8 Å². The molecule has 0 radical (unpaired) electrons. The zero-order chi connectivity index (χ0) is 18.3. The smallest absolute Gasteiger partial charge is 0.309 e. The second kappa shape index (κ2) is 8.77. The van der Waals surface area contributed by atoms with Crippen LogP contribution in [-0.4, -0.2) is 44.2 Å². The first-order valence-corrected chi connectivity index (χ1v) is 9.65. The number of benzene rings is 1. The molecule has 0 saturated carbocycles. The minimum atomic E-state index is -3.46. The highest BCUT2D eigenvalue weighted by Gasteiger charge is 2.25. The lowest BCUT2D eigenvalue weighted by molar-refractivity contribution is -0.139. The SMILES string of the molecule is C=CCNC(=O)C(=O)NCc1ccc(S(=O)(=O)N2CCCCC2)cc1. The number of carbonyl (C=O) groups excluding carboxylic acids is 2. The first kappa shape index (κ1) is 19.1. The van der Waals surface area contributed by atoms with Gasteiger partial charge in [-0.2, -0.15) is 4.31 Å². The normalized spacial score (nSPS) is 15.4. The summed E-state index contributed by atoms with van der Waals surface area (Å²) in [6.07, 6.45) is 4.31. The van der Waals surface area contributed by atoms with Gasteiger partial charge in [0.05, 0.1) is 4.90 Å². The molecular formula is C17H23N3O4S. The highest BCUT2D eigenvalue weighted by Crippen LogP contribution is 2.20. The summed E-state index contributed by atoms with van der Waals surface area (Å²) in [5.41, 5.74) is 0.711. The van der Waals surface area contributed by atoms with E-state index in [0.29, 0.717) is 18.7 Å². The van der Waals surface area contributed by atoms with E-state index in [2.05, 4.69) is 17.2 Å². The number of rotatable bonds is 6. The molecule has 136 valence electrons. The summed E-state index contributed by atoms with van der Waals surface area (Å²) < 4.78 is 26.6. The van der Waals surface area contributed by atoms with Crippen LogP contribution in [0.15, 0.2) is 41.8 Å². The Kier molecular flexibility index (Phi) is 6.72. The Balaban J connectivity index is 1.94. The van der Waals surface area contributed by atoms with Gasteiger partial charge in [0.1, 0.15) is 0 Å². The molecular weight excluding hydrogens is 342 g/mol. The number of carbonyl (C=O) groups is 2. The molecule has 1 aromatic rings. The van der Waals surface area contributed by atoms with Gasteiger partial charge in [0, 0.05) is 26.2 Å². The van der Waals surface area contributed by atoms with Gasteiger partial charge in [-0.15, -0.1) is 6.58 Å². The van der Waals surface area contributed by atoms with Crippen molar-refractivity contribution in [1.82, 2.24) is 14.9 Å². The minimum Gasteiger partial charge on any atom is -0.344 e. The fourth-order valence-corrected chi connectivity index (χ4v) is 4.06. The predicted molar refractivity (Wildman–Crippen MR) is 94.1 cm³/mol. The molecule has 1 heterocycles. The minimum absolute atomic E-state index is 0.143. The number of sulfonamides is 1. The first-order chi connectivity index (χ1) is 11.9. The van der Waals surface area contributed by atoms with Crippen LogP contribution in [0.5, 0.6) is 0 Å². The Morgan fingerprint density at radius 2 is 1.64 bits per heavy atom. The predicted octanol–water partition coefficient (Wildman–Crippen LogP) is 0.780. The summed E-state index contributed by atoms with van der Waals surface area (Å²) >= 11 is 0. The Morgan fingerprint density at radius 3 is 2.24 bits per heavy atom. The van der Waals surface area contributed by atoms with Crippen molar-refractivity contribution in [3.63, 3.8) is 0 Å². The van der Waals surface area contributed by atoms with E-state index in [4.69, 9.17) is 0 Å². The second-order valence-electron chi connectivity index (χ2n) is 5.79. The lowest BCUT2D eigenvalue weighted by atomic mass is 10.2. The van der Waals surface area contributed by atoms with Crippen LogP contribution in [-0.2, 0) is 26.2 Å². The number of hydrogen-bond donors (Lipinski definition) is 2. The Hall–Kier alpha value is -2.19. The molecule has 7 nitrogen and oxygen atoms in total. The molecule has 8 heteroatoms. The summed E-state index contributed by atoms with van der Waals surface area (Å²) in [7, 11) is -3.46. The number of hydrogen-bond acceptors (Lipinski definition) is 4. The fourth-order valence-electron chi connectivity index (χ4n) is 2.54. The van der Waals surface area contributed by atoms with E-state index >= 15 is 0 Å². The first-order valence-electron chi connectivity index (χ1n) is 8.21. The third kappa shape index (κ3) is 5.14. The maximum Gasteiger partial charge on any atom is 0.309 e. The van der Waals surface area contributed by atoms with Crippen LogP contribution >= 0.6 is 0 Å². The monoisotopic (exact) mass is 365 g/mol. The molecule has 2 N–H and O–H groups in total. The fraction of sp³-hybridized carbons (Fsp3) is 0.412. The molecule has 1 aromatic carbocycles. The van der Waals surface area contributed by atoms with E-state index in [-0.39, 0.29) is 18.0 Å². The number of piperidine rings is 1. The molecule has 1 saturated heterocycles. The van der Waals surface area contributed by atoms with E-state index in [1.165, 1.54) is 22.5 Å². The molecule has 1 aliphatic rings. The number of amides is 2. The Labute approximate surface area is 148 Å². The molecule has 0 unspecified atom stereocenters. The Morgan fingerprint density at radius 1 is 1.04 bits per heavy atom. The third-order valence-corrected chi connectivity index (χ3v) is 5.86. The second-order valence-corrected chi connectivity index (χ2v) is 7.73. The molecule has 1 fully saturated rings. The van der Waals surface area contributed by atoms with Crippen molar-refractivity contribution < 1.29 is 18.0 Å². The molecule has 0 bridgehead atoms. The zero-order valence-electron chi connectivity index (χ0n) is 14.0. The maximum atomic E-state index is 12.5. The summed E-state index contributed by atoms with van der Waals surface area (Å²) in [5, 5.41) is 4.86. The molecule has 0 atom stereocenters. The maximum absolute atomic E-state index is 12.5. The average Bonchev–Trinajstić information content (AvgIpc) is 2.65. The van der Waals surface area contributed by atoms with Crippen LogP contribution in [0.4, 0.5) is 0 Å². The van der Waals surface area contributed by atoms with Crippen LogP contribution in [0.2, 0.25) is 0 Å². The zero-order valence-corrected chi connectivity index (χ0v) is 14.8. The topological polar surface area (TPSA) is 95.6 Å². The Bertz CT molecular complexity index is 723. The lowest BCUT2D eigenvalue weighted by Crippen LogP contribution is -2.39. The molecule has 0 spiro atoms. The standard InChI is InChI=1S/C17H23N3O4S/c1-2-10-18-16(21)17(22)19-13-14-6-8-15(9-7-14)25(23,24)20-11-4-3-5-12-20/h2,6-9H,1,3-5,10-13H2,(H,18,21)(H,19,22). The van der Waals surface area contributed by atoms with Gasteiger partial charge < -0.3 is 10.6 Å².